The highest BCUT2D eigenvalue weighted by Gasteiger charge is 2.31. The second kappa shape index (κ2) is 9.02. The van der Waals surface area contributed by atoms with Crippen molar-refractivity contribution in [3.63, 3.8) is 0 Å². The first-order valence-corrected chi connectivity index (χ1v) is 7.53. The lowest BCUT2D eigenvalue weighted by atomic mass is 9.92. The summed E-state index contributed by atoms with van der Waals surface area (Å²) < 4.78 is 5.78. The minimum absolute atomic E-state index is 0.0662. The number of amides is 1. The minimum atomic E-state index is -0.490. The van der Waals surface area contributed by atoms with Crippen LogP contribution < -0.4 is 0 Å². The molecule has 116 valence electrons. The Labute approximate surface area is 125 Å². The molecule has 0 fully saturated rings. The Balaban J connectivity index is 4.32. The monoisotopic (exact) mass is 281 g/mol. The predicted octanol–water partition coefficient (Wildman–Crippen LogP) is 3.34. The Kier molecular flexibility index (Phi) is 8.57. The van der Waals surface area contributed by atoms with Crippen molar-refractivity contribution in [2.45, 2.75) is 60.5 Å². The first kappa shape index (κ1) is 19.0. The van der Waals surface area contributed by atoms with Crippen molar-refractivity contribution in [3.05, 3.63) is 0 Å². The molecule has 1 amide bonds. The normalized spacial score (nSPS) is 12.8. The molecule has 0 heterocycles. The van der Waals surface area contributed by atoms with Crippen LogP contribution in [0.3, 0.4) is 0 Å². The van der Waals surface area contributed by atoms with Crippen molar-refractivity contribution in [1.82, 2.24) is 4.90 Å². The standard InChI is InChI=1S/C17H31NO2/c1-8-9-10-11-15(4)20-13-17(5,6)16(19)18(7)12-14(2)3/h14-15H,8,11-13H2,1-7H3. The number of nitrogens with zero attached hydrogens (tertiary/aromatic N) is 1. The van der Waals surface area contributed by atoms with Crippen molar-refractivity contribution in [1.29, 1.82) is 0 Å². The summed E-state index contributed by atoms with van der Waals surface area (Å²) in [6.45, 7) is 13.4. The summed E-state index contributed by atoms with van der Waals surface area (Å²) in [7, 11) is 1.86. The maximum Gasteiger partial charge on any atom is 0.230 e. The topological polar surface area (TPSA) is 29.5 Å². The first-order valence-electron chi connectivity index (χ1n) is 7.53. The van der Waals surface area contributed by atoms with E-state index >= 15 is 0 Å². The quantitative estimate of drug-likeness (QED) is 0.670. The van der Waals surface area contributed by atoms with Gasteiger partial charge in [-0.1, -0.05) is 20.8 Å². The van der Waals surface area contributed by atoms with Gasteiger partial charge < -0.3 is 9.64 Å². The van der Waals surface area contributed by atoms with Gasteiger partial charge >= 0.3 is 0 Å². The molecular formula is C17H31NO2. The van der Waals surface area contributed by atoms with Gasteiger partial charge in [-0.25, -0.2) is 0 Å². The van der Waals surface area contributed by atoms with Gasteiger partial charge in [-0.15, -0.1) is 11.8 Å². The van der Waals surface area contributed by atoms with Crippen LogP contribution in [0.5, 0.6) is 0 Å². The van der Waals surface area contributed by atoms with Gasteiger partial charge in [-0.3, -0.25) is 4.79 Å². The van der Waals surface area contributed by atoms with Crippen LogP contribution in [0.25, 0.3) is 0 Å². The molecule has 0 radical (unpaired) electrons. The van der Waals surface area contributed by atoms with Crippen LogP contribution in [0.1, 0.15) is 54.4 Å². The molecule has 0 aromatic rings. The van der Waals surface area contributed by atoms with Crippen molar-refractivity contribution in [2.75, 3.05) is 20.2 Å². The molecule has 3 nitrogen and oxygen atoms in total. The molecule has 3 heteroatoms. The lowest BCUT2D eigenvalue weighted by Crippen LogP contribution is -2.43. The average molecular weight is 281 g/mol. The summed E-state index contributed by atoms with van der Waals surface area (Å²) in [6, 6.07) is 0. The zero-order chi connectivity index (χ0) is 15.8. The summed E-state index contributed by atoms with van der Waals surface area (Å²) >= 11 is 0. The van der Waals surface area contributed by atoms with Crippen LogP contribution in [0.2, 0.25) is 0 Å². The highest BCUT2D eigenvalue weighted by Crippen LogP contribution is 2.20. The molecule has 0 aliphatic rings. The van der Waals surface area contributed by atoms with Crippen LogP contribution in [-0.4, -0.2) is 37.1 Å². The van der Waals surface area contributed by atoms with E-state index in [1.165, 1.54) is 0 Å². The Bertz CT molecular complexity index is 350. The van der Waals surface area contributed by atoms with E-state index < -0.39 is 5.41 Å². The zero-order valence-electron chi connectivity index (χ0n) is 14.2. The van der Waals surface area contributed by atoms with Crippen LogP contribution in [-0.2, 0) is 9.53 Å². The van der Waals surface area contributed by atoms with Gasteiger partial charge in [0, 0.05) is 26.4 Å². The van der Waals surface area contributed by atoms with Crippen LogP contribution in [0.4, 0.5) is 0 Å². The third-order valence-electron chi connectivity index (χ3n) is 2.98. The van der Waals surface area contributed by atoms with Gasteiger partial charge in [0.2, 0.25) is 5.91 Å². The van der Waals surface area contributed by atoms with E-state index in [-0.39, 0.29) is 12.0 Å². The van der Waals surface area contributed by atoms with Crippen molar-refractivity contribution < 1.29 is 9.53 Å². The fraction of sp³-hybridized carbons (Fsp3) is 0.824. The molecule has 0 aliphatic heterocycles. The van der Waals surface area contributed by atoms with Gasteiger partial charge in [0.1, 0.15) is 0 Å². The summed E-state index contributed by atoms with van der Waals surface area (Å²) in [6.07, 6.45) is 1.66. The van der Waals surface area contributed by atoms with Gasteiger partial charge in [0.05, 0.1) is 18.1 Å². The smallest absolute Gasteiger partial charge is 0.230 e. The summed E-state index contributed by atoms with van der Waals surface area (Å²) in [5.74, 6) is 6.73. The Hall–Kier alpha value is -1.01. The molecule has 0 N–H and O–H groups in total. The first-order chi connectivity index (χ1) is 9.20. The van der Waals surface area contributed by atoms with E-state index in [1.807, 2.05) is 34.7 Å². The molecule has 0 aliphatic carbocycles. The number of rotatable bonds is 7. The number of hydrogen-bond acceptors (Lipinski definition) is 2. The van der Waals surface area contributed by atoms with E-state index in [1.54, 1.807) is 4.90 Å². The fourth-order valence-corrected chi connectivity index (χ4v) is 1.96. The third-order valence-corrected chi connectivity index (χ3v) is 2.98. The second-order valence-corrected chi connectivity index (χ2v) is 6.50. The van der Waals surface area contributed by atoms with Crippen LogP contribution >= 0.6 is 0 Å². The minimum Gasteiger partial charge on any atom is -0.376 e. The van der Waals surface area contributed by atoms with Crippen molar-refractivity contribution in [3.8, 4) is 11.8 Å². The van der Waals surface area contributed by atoms with Gasteiger partial charge in [-0.2, -0.15) is 0 Å². The molecule has 0 spiro atoms. The Morgan fingerprint density at radius 1 is 1.25 bits per heavy atom. The lowest BCUT2D eigenvalue weighted by Gasteiger charge is -2.31. The molecule has 0 saturated heterocycles. The van der Waals surface area contributed by atoms with E-state index in [4.69, 9.17) is 4.74 Å². The number of carbonyl (C=O) groups excluding carboxylic acids is 1. The summed E-state index contributed by atoms with van der Waals surface area (Å²) in [5.41, 5.74) is -0.490. The molecule has 1 unspecified atom stereocenters. The van der Waals surface area contributed by atoms with E-state index in [9.17, 15) is 4.79 Å². The van der Waals surface area contributed by atoms with Crippen molar-refractivity contribution in [2.24, 2.45) is 11.3 Å². The van der Waals surface area contributed by atoms with E-state index in [0.717, 1.165) is 19.4 Å². The number of carbonyl (C=O) groups is 1. The summed E-state index contributed by atoms with van der Waals surface area (Å²) in [4.78, 5) is 14.2. The maximum absolute atomic E-state index is 12.4. The van der Waals surface area contributed by atoms with E-state index in [2.05, 4.69) is 25.7 Å². The van der Waals surface area contributed by atoms with Crippen molar-refractivity contribution >= 4 is 5.91 Å². The SMILES string of the molecule is CCC#CCC(C)OCC(C)(C)C(=O)N(C)CC(C)C. The number of ether oxygens (including phenoxy) is 1. The molecule has 1 atom stereocenters. The van der Waals surface area contributed by atoms with Crippen LogP contribution in [0.15, 0.2) is 0 Å². The van der Waals surface area contributed by atoms with Gasteiger partial charge in [-0.05, 0) is 26.7 Å². The average Bonchev–Trinajstić information content (AvgIpc) is 2.35. The molecule has 0 saturated carbocycles. The molecule has 0 bridgehead atoms. The fourth-order valence-electron chi connectivity index (χ4n) is 1.96. The van der Waals surface area contributed by atoms with Gasteiger partial charge in [0.25, 0.3) is 0 Å². The molecule has 0 aromatic heterocycles. The summed E-state index contributed by atoms with van der Waals surface area (Å²) in [5, 5.41) is 0. The maximum atomic E-state index is 12.4. The Morgan fingerprint density at radius 2 is 1.85 bits per heavy atom. The highest BCUT2D eigenvalue weighted by atomic mass is 16.5. The van der Waals surface area contributed by atoms with E-state index in [0.29, 0.717) is 12.5 Å². The molecular weight excluding hydrogens is 250 g/mol. The molecule has 0 rings (SSSR count). The molecule has 20 heavy (non-hydrogen) atoms. The van der Waals surface area contributed by atoms with Crippen LogP contribution in [0, 0.1) is 23.2 Å². The third kappa shape index (κ3) is 7.55. The second-order valence-electron chi connectivity index (χ2n) is 6.50. The zero-order valence-corrected chi connectivity index (χ0v) is 14.2. The lowest BCUT2D eigenvalue weighted by molar-refractivity contribution is -0.143. The number of hydrogen-bond donors (Lipinski definition) is 0. The van der Waals surface area contributed by atoms with Gasteiger partial charge in [0.15, 0.2) is 0 Å². The Morgan fingerprint density at radius 3 is 2.35 bits per heavy atom. The largest absolute Gasteiger partial charge is 0.376 e. The highest BCUT2D eigenvalue weighted by molar-refractivity contribution is 5.81. The molecule has 0 aromatic carbocycles. The predicted molar refractivity (Wildman–Crippen MR) is 84.4 cm³/mol.